The zero-order valence-corrected chi connectivity index (χ0v) is 15.1. The van der Waals surface area contributed by atoms with Gasteiger partial charge in [-0.05, 0) is 37.1 Å². The highest BCUT2D eigenvalue weighted by atomic mass is 35.5. The topological polar surface area (TPSA) is 49.4 Å². The Bertz CT molecular complexity index is 819. The van der Waals surface area contributed by atoms with E-state index < -0.39 is 0 Å². The molecule has 4 nitrogen and oxygen atoms in total. The first-order valence-electron chi connectivity index (χ1n) is 8.34. The highest BCUT2D eigenvalue weighted by Gasteiger charge is 2.35. The van der Waals surface area contributed by atoms with E-state index in [1.165, 1.54) is 0 Å². The van der Waals surface area contributed by atoms with Gasteiger partial charge in [-0.25, -0.2) is 0 Å². The molecule has 0 bridgehead atoms. The molecular formula is C20H21ClN2O2. The van der Waals surface area contributed by atoms with Crippen LogP contribution in [0.4, 0.5) is 5.69 Å². The fourth-order valence-electron chi connectivity index (χ4n) is 3.04. The van der Waals surface area contributed by atoms with Crippen molar-refractivity contribution in [2.75, 3.05) is 11.4 Å². The van der Waals surface area contributed by atoms with Gasteiger partial charge in [-0.3, -0.25) is 9.59 Å². The van der Waals surface area contributed by atoms with Gasteiger partial charge >= 0.3 is 0 Å². The molecule has 130 valence electrons. The number of hydrogen-bond acceptors (Lipinski definition) is 2. The monoisotopic (exact) mass is 356 g/mol. The fraction of sp³-hybridized carbons (Fsp3) is 0.300. The number of carbonyl (C=O) groups excluding carboxylic acids is 2. The quantitative estimate of drug-likeness (QED) is 0.909. The lowest BCUT2D eigenvalue weighted by molar-refractivity contribution is -0.126. The summed E-state index contributed by atoms with van der Waals surface area (Å²) >= 11 is 6.15. The summed E-state index contributed by atoms with van der Waals surface area (Å²) in [6.45, 7) is 4.80. The number of halogens is 1. The van der Waals surface area contributed by atoms with Gasteiger partial charge in [-0.1, -0.05) is 47.5 Å². The van der Waals surface area contributed by atoms with Gasteiger partial charge in [0.25, 0.3) is 0 Å². The van der Waals surface area contributed by atoms with Gasteiger partial charge in [-0.15, -0.1) is 0 Å². The maximum absolute atomic E-state index is 12.4. The molecule has 1 atom stereocenters. The van der Waals surface area contributed by atoms with E-state index in [0.29, 0.717) is 18.1 Å². The van der Waals surface area contributed by atoms with E-state index in [2.05, 4.69) is 5.32 Å². The number of nitrogens with one attached hydrogen (secondary N) is 1. The molecule has 1 heterocycles. The molecule has 0 aromatic heterocycles. The molecule has 1 N–H and O–H groups in total. The first kappa shape index (κ1) is 17.5. The third-order valence-corrected chi connectivity index (χ3v) is 4.92. The molecule has 0 spiro atoms. The SMILES string of the molecule is Cc1cccc(CNC(=O)C2CC(=O)N(c3ccc(C)c(Cl)c3)C2)c1. The van der Waals surface area contributed by atoms with Crippen molar-refractivity contribution in [2.45, 2.75) is 26.8 Å². The van der Waals surface area contributed by atoms with Crippen molar-refractivity contribution in [3.8, 4) is 0 Å². The fourth-order valence-corrected chi connectivity index (χ4v) is 3.21. The van der Waals surface area contributed by atoms with Crippen molar-refractivity contribution in [2.24, 2.45) is 5.92 Å². The van der Waals surface area contributed by atoms with Crippen LogP contribution in [0, 0.1) is 19.8 Å². The summed E-state index contributed by atoms with van der Waals surface area (Å²) in [6.07, 6.45) is 0.227. The van der Waals surface area contributed by atoms with Gasteiger partial charge in [0, 0.05) is 30.2 Å². The Labute approximate surface area is 152 Å². The number of hydrogen-bond donors (Lipinski definition) is 1. The predicted octanol–water partition coefficient (Wildman–Crippen LogP) is 3.63. The van der Waals surface area contributed by atoms with Crippen LogP contribution in [0.15, 0.2) is 42.5 Å². The van der Waals surface area contributed by atoms with E-state index in [0.717, 1.165) is 22.4 Å². The van der Waals surface area contributed by atoms with Crippen molar-refractivity contribution in [3.05, 3.63) is 64.2 Å². The zero-order valence-electron chi connectivity index (χ0n) is 14.4. The number of amides is 2. The van der Waals surface area contributed by atoms with E-state index in [4.69, 9.17) is 11.6 Å². The summed E-state index contributed by atoms with van der Waals surface area (Å²) < 4.78 is 0. The molecule has 1 unspecified atom stereocenters. The van der Waals surface area contributed by atoms with Crippen LogP contribution in [0.3, 0.4) is 0 Å². The number of rotatable bonds is 4. The van der Waals surface area contributed by atoms with E-state index in [1.807, 2.05) is 50.2 Å². The highest BCUT2D eigenvalue weighted by Crippen LogP contribution is 2.28. The van der Waals surface area contributed by atoms with Crippen molar-refractivity contribution >= 4 is 29.1 Å². The molecule has 1 aliphatic heterocycles. The molecule has 2 amide bonds. The molecule has 2 aromatic carbocycles. The van der Waals surface area contributed by atoms with E-state index in [1.54, 1.807) is 11.0 Å². The first-order chi connectivity index (χ1) is 11.9. The predicted molar refractivity (Wildman–Crippen MR) is 99.7 cm³/mol. The molecule has 2 aromatic rings. The Hall–Kier alpha value is -2.33. The maximum Gasteiger partial charge on any atom is 0.227 e. The van der Waals surface area contributed by atoms with Crippen molar-refractivity contribution in [3.63, 3.8) is 0 Å². The summed E-state index contributed by atoms with van der Waals surface area (Å²) in [7, 11) is 0. The van der Waals surface area contributed by atoms with E-state index in [-0.39, 0.29) is 24.2 Å². The van der Waals surface area contributed by atoms with Gasteiger partial charge in [0.15, 0.2) is 0 Å². The second-order valence-electron chi connectivity index (χ2n) is 6.55. The number of aryl methyl sites for hydroxylation is 2. The molecule has 25 heavy (non-hydrogen) atoms. The van der Waals surface area contributed by atoms with Gasteiger partial charge in [0.05, 0.1) is 5.92 Å². The third kappa shape index (κ3) is 4.02. The molecular weight excluding hydrogens is 336 g/mol. The Morgan fingerprint density at radius 2 is 2.04 bits per heavy atom. The van der Waals surface area contributed by atoms with Gasteiger partial charge in [0.1, 0.15) is 0 Å². The lowest BCUT2D eigenvalue weighted by Gasteiger charge is -2.17. The molecule has 1 saturated heterocycles. The van der Waals surface area contributed by atoms with Crippen LogP contribution in [0.1, 0.15) is 23.1 Å². The molecule has 1 fully saturated rings. The lowest BCUT2D eigenvalue weighted by atomic mass is 10.1. The smallest absolute Gasteiger partial charge is 0.227 e. The minimum atomic E-state index is -0.336. The van der Waals surface area contributed by atoms with Gasteiger partial charge in [-0.2, -0.15) is 0 Å². The maximum atomic E-state index is 12.4. The summed E-state index contributed by atoms with van der Waals surface area (Å²) in [4.78, 5) is 26.4. The number of anilines is 1. The average molecular weight is 357 g/mol. The van der Waals surface area contributed by atoms with Crippen LogP contribution in [-0.2, 0) is 16.1 Å². The standard InChI is InChI=1S/C20H21ClN2O2/c1-13-4-3-5-15(8-13)11-22-20(25)16-9-19(24)23(12-16)17-7-6-14(2)18(21)10-17/h3-8,10,16H,9,11-12H2,1-2H3,(H,22,25). The molecule has 3 rings (SSSR count). The summed E-state index contributed by atoms with van der Waals surface area (Å²) in [5, 5.41) is 3.56. The summed E-state index contributed by atoms with van der Waals surface area (Å²) in [6, 6.07) is 13.5. The largest absolute Gasteiger partial charge is 0.352 e. The van der Waals surface area contributed by atoms with E-state index in [9.17, 15) is 9.59 Å². The van der Waals surface area contributed by atoms with E-state index >= 15 is 0 Å². The number of benzene rings is 2. The summed E-state index contributed by atoms with van der Waals surface area (Å²) in [5.41, 5.74) is 3.92. The van der Waals surface area contributed by atoms with Gasteiger partial charge < -0.3 is 10.2 Å². The molecule has 0 saturated carbocycles. The molecule has 1 aliphatic rings. The number of carbonyl (C=O) groups is 2. The molecule has 5 heteroatoms. The first-order valence-corrected chi connectivity index (χ1v) is 8.71. The highest BCUT2D eigenvalue weighted by molar-refractivity contribution is 6.31. The Balaban J connectivity index is 1.63. The van der Waals surface area contributed by atoms with Crippen LogP contribution < -0.4 is 10.2 Å². The Kier molecular flexibility index (Phi) is 5.09. The van der Waals surface area contributed by atoms with Gasteiger partial charge in [0.2, 0.25) is 11.8 Å². The second-order valence-corrected chi connectivity index (χ2v) is 6.95. The summed E-state index contributed by atoms with van der Waals surface area (Å²) in [5.74, 6) is -0.469. The second kappa shape index (κ2) is 7.28. The normalized spacial score (nSPS) is 17.0. The van der Waals surface area contributed by atoms with Crippen LogP contribution in [0.2, 0.25) is 5.02 Å². The van der Waals surface area contributed by atoms with Crippen LogP contribution in [-0.4, -0.2) is 18.4 Å². The lowest BCUT2D eigenvalue weighted by Crippen LogP contribution is -2.32. The average Bonchev–Trinajstić information content (AvgIpc) is 2.97. The minimum Gasteiger partial charge on any atom is -0.352 e. The van der Waals surface area contributed by atoms with Crippen molar-refractivity contribution in [1.82, 2.24) is 5.32 Å². The van der Waals surface area contributed by atoms with Crippen LogP contribution >= 0.6 is 11.6 Å². The van der Waals surface area contributed by atoms with Crippen molar-refractivity contribution in [1.29, 1.82) is 0 Å². The molecule has 0 aliphatic carbocycles. The zero-order chi connectivity index (χ0) is 18.0. The van der Waals surface area contributed by atoms with Crippen LogP contribution in [0.5, 0.6) is 0 Å². The molecule has 0 radical (unpaired) electrons. The van der Waals surface area contributed by atoms with Crippen LogP contribution in [0.25, 0.3) is 0 Å². The van der Waals surface area contributed by atoms with Crippen molar-refractivity contribution < 1.29 is 9.59 Å². The third-order valence-electron chi connectivity index (χ3n) is 4.51. The Morgan fingerprint density at radius 1 is 1.24 bits per heavy atom. The number of nitrogens with zero attached hydrogens (tertiary/aromatic N) is 1. The Morgan fingerprint density at radius 3 is 2.76 bits per heavy atom. The minimum absolute atomic E-state index is 0.0457.